The van der Waals surface area contributed by atoms with Crippen LogP contribution in [0.25, 0.3) is 0 Å². The summed E-state index contributed by atoms with van der Waals surface area (Å²) in [6.07, 6.45) is -1.04. The van der Waals surface area contributed by atoms with E-state index in [1.54, 1.807) is 13.0 Å². The van der Waals surface area contributed by atoms with Crippen molar-refractivity contribution in [3.8, 4) is 0 Å². The van der Waals surface area contributed by atoms with Crippen LogP contribution in [0.2, 0.25) is 0 Å². The molecule has 1 aliphatic heterocycles. The average molecular weight is 449 g/mol. The summed E-state index contributed by atoms with van der Waals surface area (Å²) in [6.45, 7) is 4.56. The highest BCUT2D eigenvalue weighted by atomic mass is 32.2. The van der Waals surface area contributed by atoms with Crippen LogP contribution in [-0.4, -0.2) is 42.5 Å². The van der Waals surface area contributed by atoms with Crippen molar-refractivity contribution >= 4 is 27.6 Å². The SMILES string of the molecule is CCS(=O)(=O)N1Cc2ccccc2C[C@H]1C(=O)OC(C)C(=O)Nc1ccc(C)c(F)c1. The lowest BCUT2D eigenvalue weighted by Crippen LogP contribution is -2.50. The highest BCUT2D eigenvalue weighted by Gasteiger charge is 2.39. The van der Waals surface area contributed by atoms with Gasteiger partial charge >= 0.3 is 5.97 Å². The third-order valence-electron chi connectivity index (χ3n) is 5.30. The third-order valence-corrected chi connectivity index (χ3v) is 7.13. The number of carbonyl (C=O) groups is 2. The summed E-state index contributed by atoms with van der Waals surface area (Å²) in [5.74, 6) is -2.07. The van der Waals surface area contributed by atoms with Crippen molar-refractivity contribution in [2.75, 3.05) is 11.1 Å². The van der Waals surface area contributed by atoms with Crippen LogP contribution in [0.3, 0.4) is 0 Å². The van der Waals surface area contributed by atoms with Gasteiger partial charge in [0.25, 0.3) is 5.91 Å². The molecular formula is C22H25FN2O5S. The normalized spacial score (nSPS) is 17.5. The average Bonchev–Trinajstić information content (AvgIpc) is 2.75. The molecule has 0 spiro atoms. The standard InChI is InChI=1S/C22H25FN2O5S/c1-4-31(28,29)25-13-17-8-6-5-7-16(17)11-20(25)22(27)30-15(3)21(26)24-18-10-9-14(2)19(23)12-18/h5-10,12,15,20H,4,11,13H2,1-3H3,(H,24,26)/t15?,20-/m0/s1. The molecule has 0 radical (unpaired) electrons. The molecule has 1 amide bonds. The predicted octanol–water partition coefficient (Wildman–Crippen LogP) is 2.78. The Bertz CT molecular complexity index is 1100. The van der Waals surface area contributed by atoms with Gasteiger partial charge in [0.2, 0.25) is 10.0 Å². The first-order chi connectivity index (χ1) is 14.6. The molecule has 0 saturated carbocycles. The minimum Gasteiger partial charge on any atom is -0.451 e. The number of esters is 1. The number of benzene rings is 2. The first kappa shape index (κ1) is 22.9. The minimum absolute atomic E-state index is 0.0648. The number of amides is 1. The van der Waals surface area contributed by atoms with Crippen LogP contribution in [-0.2, 0) is 37.3 Å². The van der Waals surface area contributed by atoms with E-state index in [1.165, 1.54) is 26.0 Å². The van der Waals surface area contributed by atoms with Crippen molar-refractivity contribution in [1.29, 1.82) is 0 Å². The van der Waals surface area contributed by atoms with Gasteiger partial charge in [-0.3, -0.25) is 9.59 Å². The van der Waals surface area contributed by atoms with Gasteiger partial charge in [0, 0.05) is 18.7 Å². The van der Waals surface area contributed by atoms with Gasteiger partial charge in [0.1, 0.15) is 11.9 Å². The Morgan fingerprint density at radius 2 is 1.90 bits per heavy atom. The van der Waals surface area contributed by atoms with E-state index in [1.807, 2.05) is 24.3 Å². The quantitative estimate of drug-likeness (QED) is 0.686. The maximum Gasteiger partial charge on any atom is 0.325 e. The second kappa shape index (κ2) is 9.15. The molecule has 2 aromatic carbocycles. The van der Waals surface area contributed by atoms with Gasteiger partial charge in [-0.1, -0.05) is 30.3 Å². The molecule has 166 valence electrons. The minimum atomic E-state index is -3.68. The number of aryl methyl sites for hydroxylation is 1. The Morgan fingerprint density at radius 3 is 2.55 bits per heavy atom. The molecule has 2 atom stereocenters. The number of anilines is 1. The zero-order valence-electron chi connectivity index (χ0n) is 17.6. The van der Waals surface area contributed by atoms with Gasteiger partial charge in [-0.15, -0.1) is 0 Å². The van der Waals surface area contributed by atoms with Crippen molar-refractivity contribution in [1.82, 2.24) is 4.31 Å². The molecule has 0 bridgehead atoms. The molecule has 9 heteroatoms. The molecule has 7 nitrogen and oxygen atoms in total. The molecular weight excluding hydrogens is 423 g/mol. The van der Waals surface area contributed by atoms with Gasteiger partial charge in [-0.25, -0.2) is 12.8 Å². The summed E-state index contributed by atoms with van der Waals surface area (Å²) in [5.41, 5.74) is 2.36. The molecule has 1 aliphatic rings. The molecule has 0 fully saturated rings. The number of sulfonamides is 1. The number of fused-ring (bicyclic) bond motifs is 1. The largest absolute Gasteiger partial charge is 0.451 e. The van der Waals surface area contributed by atoms with Crippen LogP contribution in [0.4, 0.5) is 10.1 Å². The molecule has 2 aromatic rings. The number of hydrogen-bond donors (Lipinski definition) is 1. The summed E-state index contributed by atoms with van der Waals surface area (Å²) in [6, 6.07) is 10.5. The first-order valence-electron chi connectivity index (χ1n) is 9.96. The molecule has 1 heterocycles. The van der Waals surface area contributed by atoms with E-state index in [9.17, 15) is 22.4 Å². The maximum absolute atomic E-state index is 13.7. The third kappa shape index (κ3) is 5.11. The number of carbonyl (C=O) groups excluding carboxylic acids is 2. The molecule has 0 saturated heterocycles. The number of nitrogens with one attached hydrogen (secondary N) is 1. The highest BCUT2D eigenvalue weighted by Crippen LogP contribution is 2.27. The topological polar surface area (TPSA) is 92.8 Å². The van der Waals surface area contributed by atoms with E-state index >= 15 is 0 Å². The van der Waals surface area contributed by atoms with E-state index < -0.39 is 39.9 Å². The second-order valence-corrected chi connectivity index (χ2v) is 9.68. The van der Waals surface area contributed by atoms with Crippen LogP contribution >= 0.6 is 0 Å². The maximum atomic E-state index is 13.7. The molecule has 0 aliphatic carbocycles. The van der Waals surface area contributed by atoms with E-state index in [-0.39, 0.29) is 24.4 Å². The number of hydrogen-bond acceptors (Lipinski definition) is 5. The van der Waals surface area contributed by atoms with Crippen molar-refractivity contribution < 1.29 is 27.1 Å². The Morgan fingerprint density at radius 1 is 1.23 bits per heavy atom. The monoisotopic (exact) mass is 448 g/mol. The van der Waals surface area contributed by atoms with Gasteiger partial charge < -0.3 is 10.1 Å². The van der Waals surface area contributed by atoms with Crippen molar-refractivity contribution in [2.24, 2.45) is 0 Å². The molecule has 1 unspecified atom stereocenters. The summed E-state index contributed by atoms with van der Waals surface area (Å²) in [5, 5.41) is 2.50. The number of halogens is 1. The van der Waals surface area contributed by atoms with Crippen LogP contribution in [0.5, 0.6) is 0 Å². The van der Waals surface area contributed by atoms with Crippen molar-refractivity contribution in [3.05, 3.63) is 65.0 Å². The number of ether oxygens (including phenoxy) is 1. The predicted molar refractivity (Wildman–Crippen MR) is 114 cm³/mol. The fraction of sp³-hybridized carbons (Fsp3) is 0.364. The Labute approximate surface area is 181 Å². The van der Waals surface area contributed by atoms with Crippen LogP contribution in [0, 0.1) is 12.7 Å². The smallest absolute Gasteiger partial charge is 0.325 e. The van der Waals surface area contributed by atoms with E-state index in [2.05, 4.69) is 5.32 Å². The van der Waals surface area contributed by atoms with Crippen molar-refractivity contribution in [3.63, 3.8) is 0 Å². The Balaban J connectivity index is 1.75. The van der Waals surface area contributed by atoms with E-state index in [0.717, 1.165) is 15.4 Å². The Hall–Kier alpha value is -2.78. The van der Waals surface area contributed by atoms with Gasteiger partial charge in [0.15, 0.2) is 6.10 Å². The molecule has 1 N–H and O–H groups in total. The molecule has 3 rings (SSSR count). The second-order valence-electron chi connectivity index (χ2n) is 7.47. The summed E-state index contributed by atoms with van der Waals surface area (Å²) in [7, 11) is -3.68. The fourth-order valence-electron chi connectivity index (χ4n) is 3.38. The first-order valence-corrected chi connectivity index (χ1v) is 11.6. The van der Waals surface area contributed by atoms with E-state index in [0.29, 0.717) is 5.56 Å². The number of nitrogens with zero attached hydrogens (tertiary/aromatic N) is 1. The van der Waals surface area contributed by atoms with Gasteiger partial charge in [-0.2, -0.15) is 4.31 Å². The molecule has 0 aromatic heterocycles. The zero-order valence-corrected chi connectivity index (χ0v) is 18.4. The summed E-state index contributed by atoms with van der Waals surface area (Å²) in [4.78, 5) is 25.3. The van der Waals surface area contributed by atoms with Crippen LogP contribution < -0.4 is 5.32 Å². The summed E-state index contributed by atoms with van der Waals surface area (Å²) < 4.78 is 45.3. The molecule has 31 heavy (non-hydrogen) atoms. The Kier molecular flexibility index (Phi) is 6.76. The lowest BCUT2D eigenvalue weighted by Gasteiger charge is -2.34. The number of rotatable bonds is 6. The zero-order chi connectivity index (χ0) is 22.8. The van der Waals surface area contributed by atoms with Gasteiger partial charge in [0.05, 0.1) is 5.75 Å². The van der Waals surface area contributed by atoms with E-state index in [4.69, 9.17) is 4.74 Å². The van der Waals surface area contributed by atoms with Crippen LogP contribution in [0.15, 0.2) is 42.5 Å². The fourth-order valence-corrected chi connectivity index (χ4v) is 4.59. The lowest BCUT2D eigenvalue weighted by atomic mass is 9.96. The van der Waals surface area contributed by atoms with Gasteiger partial charge in [-0.05, 0) is 49.6 Å². The van der Waals surface area contributed by atoms with Crippen molar-refractivity contribution in [2.45, 2.75) is 45.9 Å². The highest BCUT2D eigenvalue weighted by molar-refractivity contribution is 7.89. The summed E-state index contributed by atoms with van der Waals surface area (Å²) >= 11 is 0. The lowest BCUT2D eigenvalue weighted by molar-refractivity contribution is -0.157. The van der Waals surface area contributed by atoms with Crippen LogP contribution in [0.1, 0.15) is 30.5 Å².